The maximum absolute atomic E-state index is 11.5. The van der Waals surface area contributed by atoms with E-state index in [4.69, 9.17) is 4.74 Å². The Morgan fingerprint density at radius 1 is 1.20 bits per heavy atom. The second-order valence-corrected chi connectivity index (χ2v) is 8.37. The van der Waals surface area contributed by atoms with Crippen molar-refractivity contribution in [3.8, 4) is 0 Å². The average molecular weight is 305 g/mol. The van der Waals surface area contributed by atoms with E-state index in [9.17, 15) is 8.42 Å². The molecule has 0 aromatic rings. The van der Waals surface area contributed by atoms with E-state index < -0.39 is 9.84 Å². The molecule has 0 saturated heterocycles. The van der Waals surface area contributed by atoms with Gasteiger partial charge >= 0.3 is 0 Å². The van der Waals surface area contributed by atoms with Crippen molar-refractivity contribution in [2.45, 2.75) is 69.9 Å². The number of sulfone groups is 1. The molecule has 1 aliphatic rings. The van der Waals surface area contributed by atoms with Gasteiger partial charge in [0.2, 0.25) is 0 Å². The lowest BCUT2D eigenvalue weighted by molar-refractivity contribution is -0.0533. The summed E-state index contributed by atoms with van der Waals surface area (Å²) >= 11 is 0. The highest BCUT2D eigenvalue weighted by atomic mass is 32.2. The van der Waals surface area contributed by atoms with Gasteiger partial charge < -0.3 is 10.1 Å². The van der Waals surface area contributed by atoms with Crippen LogP contribution in [-0.4, -0.2) is 45.7 Å². The van der Waals surface area contributed by atoms with Gasteiger partial charge in [-0.2, -0.15) is 0 Å². The number of rotatable bonds is 8. The van der Waals surface area contributed by atoms with Gasteiger partial charge in [-0.1, -0.05) is 32.6 Å². The van der Waals surface area contributed by atoms with E-state index in [0.717, 1.165) is 25.8 Å². The lowest BCUT2D eigenvalue weighted by Crippen LogP contribution is -2.52. The molecule has 0 heterocycles. The predicted octanol–water partition coefficient (Wildman–Crippen LogP) is 2.53. The summed E-state index contributed by atoms with van der Waals surface area (Å²) < 4.78 is 28.9. The van der Waals surface area contributed by atoms with E-state index in [1.54, 1.807) is 7.11 Å². The molecule has 0 aromatic carbocycles. The number of hydrogen-bond acceptors (Lipinski definition) is 4. The van der Waals surface area contributed by atoms with Crippen molar-refractivity contribution in [2.24, 2.45) is 0 Å². The Bertz CT molecular complexity index is 359. The molecule has 1 N–H and O–H groups in total. The van der Waals surface area contributed by atoms with Crippen molar-refractivity contribution in [3.63, 3.8) is 0 Å². The van der Waals surface area contributed by atoms with Gasteiger partial charge in [-0.3, -0.25) is 0 Å². The molecule has 1 atom stereocenters. The van der Waals surface area contributed by atoms with Crippen LogP contribution in [0.1, 0.15) is 58.3 Å². The maximum Gasteiger partial charge on any atom is 0.147 e. The minimum atomic E-state index is -2.92. The monoisotopic (exact) mass is 305 g/mol. The van der Waals surface area contributed by atoms with Gasteiger partial charge in [0.25, 0.3) is 0 Å². The van der Waals surface area contributed by atoms with Crippen LogP contribution in [0.15, 0.2) is 0 Å². The Morgan fingerprint density at radius 3 is 2.25 bits per heavy atom. The van der Waals surface area contributed by atoms with Gasteiger partial charge in [-0.15, -0.1) is 0 Å². The van der Waals surface area contributed by atoms with Crippen LogP contribution in [0.25, 0.3) is 0 Å². The molecule has 0 spiro atoms. The van der Waals surface area contributed by atoms with Gasteiger partial charge in [0.05, 0.1) is 11.4 Å². The first-order valence-electron chi connectivity index (χ1n) is 7.90. The molecule has 120 valence electrons. The average Bonchev–Trinajstić information content (AvgIpc) is 2.64. The highest BCUT2D eigenvalue weighted by molar-refractivity contribution is 7.90. The minimum absolute atomic E-state index is 0.139. The number of ether oxygens (including phenoxy) is 1. The molecule has 1 unspecified atom stereocenters. The first kappa shape index (κ1) is 17.9. The smallest absolute Gasteiger partial charge is 0.147 e. The Labute approximate surface area is 124 Å². The van der Waals surface area contributed by atoms with Crippen LogP contribution < -0.4 is 5.32 Å². The fourth-order valence-corrected chi connectivity index (χ4v) is 3.89. The van der Waals surface area contributed by atoms with Crippen LogP contribution in [0.4, 0.5) is 0 Å². The van der Waals surface area contributed by atoms with Crippen molar-refractivity contribution in [2.75, 3.05) is 25.7 Å². The normalized spacial score (nSPS) is 21.4. The summed E-state index contributed by atoms with van der Waals surface area (Å²) in [5.41, 5.74) is -0.184. The number of nitrogens with one attached hydrogen (secondary N) is 1. The zero-order chi connectivity index (χ0) is 15.1. The predicted molar refractivity (Wildman–Crippen MR) is 83.9 cm³/mol. The molecule has 0 radical (unpaired) electrons. The zero-order valence-electron chi connectivity index (χ0n) is 13.3. The molecule has 1 saturated carbocycles. The highest BCUT2D eigenvalue weighted by Crippen LogP contribution is 2.34. The Balaban J connectivity index is 2.80. The highest BCUT2D eigenvalue weighted by Gasteiger charge is 2.38. The molecule has 0 bridgehead atoms. The molecule has 20 heavy (non-hydrogen) atoms. The van der Waals surface area contributed by atoms with E-state index in [0.29, 0.717) is 6.42 Å². The molecular formula is C15H31NO3S. The summed E-state index contributed by atoms with van der Waals surface area (Å²) in [6.45, 7) is 3.05. The van der Waals surface area contributed by atoms with Gasteiger partial charge in [-0.25, -0.2) is 8.42 Å². The number of hydrogen-bond donors (Lipinski definition) is 1. The maximum atomic E-state index is 11.5. The summed E-state index contributed by atoms with van der Waals surface area (Å²) in [6.07, 6.45) is 9.96. The molecule has 5 heteroatoms. The van der Waals surface area contributed by atoms with E-state index >= 15 is 0 Å². The SMILES string of the molecule is CCCNC(CCS(C)(=O)=O)C1(OC)CCCCCC1. The lowest BCUT2D eigenvalue weighted by atomic mass is 9.84. The Kier molecular flexibility index (Phi) is 7.48. The van der Waals surface area contributed by atoms with Crippen molar-refractivity contribution < 1.29 is 13.2 Å². The number of methoxy groups -OCH3 is 1. The van der Waals surface area contributed by atoms with Crippen molar-refractivity contribution in [1.82, 2.24) is 5.32 Å². The fraction of sp³-hybridized carbons (Fsp3) is 1.00. The molecular weight excluding hydrogens is 274 g/mol. The van der Waals surface area contributed by atoms with E-state index in [2.05, 4.69) is 12.2 Å². The molecule has 1 aliphatic carbocycles. The summed E-state index contributed by atoms with van der Waals surface area (Å²) in [7, 11) is -1.14. The molecule has 0 aliphatic heterocycles. The minimum Gasteiger partial charge on any atom is -0.377 e. The summed E-state index contributed by atoms with van der Waals surface area (Å²) in [5, 5.41) is 3.54. The third kappa shape index (κ3) is 5.70. The molecule has 1 fully saturated rings. The van der Waals surface area contributed by atoms with Crippen LogP contribution in [0, 0.1) is 0 Å². The standard InChI is InChI=1S/C15H31NO3S/c1-4-12-16-14(9-13-20(3,17)18)15(19-2)10-7-5-6-8-11-15/h14,16H,4-13H2,1-3H3. The van der Waals surface area contributed by atoms with Crippen LogP contribution in [0.5, 0.6) is 0 Å². The summed E-state index contributed by atoms with van der Waals surface area (Å²) in [5.74, 6) is 0.236. The molecule has 0 amide bonds. The van der Waals surface area contributed by atoms with Gasteiger partial charge in [0.1, 0.15) is 9.84 Å². The quantitative estimate of drug-likeness (QED) is 0.700. The van der Waals surface area contributed by atoms with Crippen LogP contribution in [0.2, 0.25) is 0 Å². The molecule has 4 nitrogen and oxygen atoms in total. The van der Waals surface area contributed by atoms with Crippen molar-refractivity contribution >= 4 is 9.84 Å². The second kappa shape index (κ2) is 8.35. The fourth-order valence-electron chi connectivity index (χ4n) is 3.22. The topological polar surface area (TPSA) is 55.4 Å². The second-order valence-electron chi connectivity index (χ2n) is 6.11. The van der Waals surface area contributed by atoms with Crippen LogP contribution in [-0.2, 0) is 14.6 Å². The first-order valence-corrected chi connectivity index (χ1v) is 9.96. The molecule has 1 rings (SSSR count). The third-order valence-corrected chi connectivity index (χ3v) is 5.39. The Hall–Kier alpha value is -0.130. The van der Waals surface area contributed by atoms with E-state index in [1.807, 2.05) is 0 Å². The molecule has 0 aromatic heterocycles. The zero-order valence-corrected chi connectivity index (χ0v) is 14.1. The van der Waals surface area contributed by atoms with Crippen molar-refractivity contribution in [3.05, 3.63) is 0 Å². The lowest BCUT2D eigenvalue weighted by Gasteiger charge is -2.40. The van der Waals surface area contributed by atoms with Crippen LogP contribution in [0.3, 0.4) is 0 Å². The summed E-state index contributed by atoms with van der Waals surface area (Å²) in [6, 6.07) is 0.139. The Morgan fingerprint density at radius 2 is 1.80 bits per heavy atom. The van der Waals surface area contributed by atoms with Gasteiger partial charge in [-0.05, 0) is 32.2 Å². The van der Waals surface area contributed by atoms with E-state index in [-0.39, 0.29) is 17.4 Å². The van der Waals surface area contributed by atoms with Crippen molar-refractivity contribution in [1.29, 1.82) is 0 Å². The third-order valence-electron chi connectivity index (χ3n) is 4.41. The van der Waals surface area contributed by atoms with Gasteiger partial charge in [0.15, 0.2) is 0 Å². The first-order chi connectivity index (χ1) is 9.43. The van der Waals surface area contributed by atoms with Gasteiger partial charge in [0, 0.05) is 19.4 Å². The summed E-state index contributed by atoms with van der Waals surface area (Å²) in [4.78, 5) is 0. The van der Waals surface area contributed by atoms with Crippen LogP contribution >= 0.6 is 0 Å². The largest absolute Gasteiger partial charge is 0.377 e. The van der Waals surface area contributed by atoms with E-state index in [1.165, 1.54) is 31.9 Å².